The molecule has 5 aliphatic rings. The Morgan fingerprint density at radius 3 is 1.76 bits per heavy atom. The summed E-state index contributed by atoms with van der Waals surface area (Å²) in [6.07, 6.45) is 11.9. The van der Waals surface area contributed by atoms with Gasteiger partial charge in [0, 0.05) is 6.04 Å². The van der Waals surface area contributed by atoms with E-state index in [0.717, 1.165) is 47.3 Å². The summed E-state index contributed by atoms with van der Waals surface area (Å²) < 4.78 is 0. The Hall–Kier alpha value is -0.0800. The summed E-state index contributed by atoms with van der Waals surface area (Å²) in [5, 5.41) is 0. The molecule has 2 heteroatoms. The molecule has 0 aromatic heterocycles. The first kappa shape index (κ1) is 14.5. The van der Waals surface area contributed by atoms with Crippen LogP contribution in [-0.2, 0) is 0 Å². The molecule has 5 rings (SSSR count). The highest BCUT2D eigenvalue weighted by molar-refractivity contribution is 5.03. The van der Waals surface area contributed by atoms with Crippen LogP contribution in [0.3, 0.4) is 0 Å². The first-order valence-corrected chi connectivity index (χ1v) is 9.60. The lowest BCUT2D eigenvalue weighted by Crippen LogP contribution is -2.57. The fourth-order valence-electron chi connectivity index (χ4n) is 7.42. The highest BCUT2D eigenvalue weighted by Gasteiger charge is 2.51. The summed E-state index contributed by atoms with van der Waals surface area (Å²) in [6.45, 7) is 4.90. The van der Waals surface area contributed by atoms with Crippen LogP contribution in [0.4, 0.5) is 0 Å². The van der Waals surface area contributed by atoms with Crippen LogP contribution in [-0.4, -0.2) is 6.04 Å². The maximum atomic E-state index is 6.12. The van der Waals surface area contributed by atoms with Gasteiger partial charge in [-0.25, -0.2) is 0 Å². The van der Waals surface area contributed by atoms with Gasteiger partial charge in [-0.2, -0.15) is 0 Å². The van der Waals surface area contributed by atoms with Gasteiger partial charge in [0.05, 0.1) is 0 Å². The van der Waals surface area contributed by atoms with Crippen molar-refractivity contribution in [2.45, 2.75) is 71.3 Å². The van der Waals surface area contributed by atoms with Crippen molar-refractivity contribution in [3.63, 3.8) is 0 Å². The van der Waals surface area contributed by atoms with Crippen LogP contribution in [0, 0.1) is 47.3 Å². The van der Waals surface area contributed by atoms with E-state index in [4.69, 9.17) is 5.84 Å². The van der Waals surface area contributed by atoms with Crippen LogP contribution >= 0.6 is 0 Å². The third kappa shape index (κ3) is 2.57. The minimum absolute atomic E-state index is 0.602. The first-order valence-electron chi connectivity index (χ1n) is 9.60. The molecule has 0 radical (unpaired) electrons. The fraction of sp³-hybridized carbons (Fsp3) is 1.00. The maximum absolute atomic E-state index is 6.12. The van der Waals surface area contributed by atoms with Crippen LogP contribution in [0.2, 0.25) is 0 Å². The molecule has 0 aliphatic heterocycles. The SMILES string of the molecule is CC1CC(C)CC(C(NN)C2C3CC4CC(C3)CC2C4)C1. The molecule has 0 aromatic rings. The number of hydrazine groups is 1. The molecule has 3 atom stereocenters. The Balaban J connectivity index is 1.53. The van der Waals surface area contributed by atoms with E-state index < -0.39 is 0 Å². The summed E-state index contributed by atoms with van der Waals surface area (Å²) >= 11 is 0. The van der Waals surface area contributed by atoms with E-state index >= 15 is 0 Å². The summed E-state index contributed by atoms with van der Waals surface area (Å²) in [4.78, 5) is 0. The van der Waals surface area contributed by atoms with E-state index in [1.54, 1.807) is 6.42 Å². The molecule has 0 saturated heterocycles. The molecule has 5 fully saturated rings. The quantitative estimate of drug-likeness (QED) is 0.610. The van der Waals surface area contributed by atoms with Crippen LogP contribution in [0.25, 0.3) is 0 Å². The van der Waals surface area contributed by atoms with Gasteiger partial charge in [0.2, 0.25) is 0 Å². The highest BCUT2D eigenvalue weighted by atomic mass is 15.2. The van der Waals surface area contributed by atoms with Crippen molar-refractivity contribution in [2.24, 2.45) is 53.2 Å². The Morgan fingerprint density at radius 1 is 0.762 bits per heavy atom. The van der Waals surface area contributed by atoms with E-state index in [1.165, 1.54) is 44.9 Å². The minimum Gasteiger partial charge on any atom is -0.271 e. The Labute approximate surface area is 130 Å². The molecule has 0 spiro atoms. The van der Waals surface area contributed by atoms with Gasteiger partial charge in [0.25, 0.3) is 0 Å². The van der Waals surface area contributed by atoms with Crippen molar-refractivity contribution in [2.75, 3.05) is 0 Å². The van der Waals surface area contributed by atoms with Crippen molar-refractivity contribution >= 4 is 0 Å². The van der Waals surface area contributed by atoms with Crippen molar-refractivity contribution in [1.82, 2.24) is 5.43 Å². The fourth-order valence-corrected chi connectivity index (χ4v) is 7.42. The van der Waals surface area contributed by atoms with Crippen molar-refractivity contribution in [1.29, 1.82) is 0 Å². The van der Waals surface area contributed by atoms with Crippen LogP contribution < -0.4 is 11.3 Å². The monoisotopic (exact) mass is 290 g/mol. The third-order valence-corrected chi connectivity index (χ3v) is 7.63. The smallest absolute Gasteiger partial charge is 0.0272 e. The van der Waals surface area contributed by atoms with Crippen molar-refractivity contribution in [3.8, 4) is 0 Å². The van der Waals surface area contributed by atoms with Gasteiger partial charge >= 0.3 is 0 Å². The lowest BCUT2D eigenvalue weighted by molar-refractivity contribution is -0.0661. The molecule has 4 bridgehead atoms. The Bertz CT molecular complexity index is 342. The number of nitrogens with two attached hydrogens (primary N) is 1. The molecule has 3 unspecified atom stereocenters. The van der Waals surface area contributed by atoms with Crippen LogP contribution in [0.15, 0.2) is 0 Å². The van der Waals surface area contributed by atoms with E-state index in [1.807, 2.05) is 0 Å². The predicted molar refractivity (Wildman–Crippen MR) is 87.3 cm³/mol. The summed E-state index contributed by atoms with van der Waals surface area (Å²) in [7, 11) is 0. The van der Waals surface area contributed by atoms with Gasteiger partial charge in [-0.15, -0.1) is 0 Å². The molecule has 120 valence electrons. The average molecular weight is 290 g/mol. The van der Waals surface area contributed by atoms with Gasteiger partial charge in [-0.1, -0.05) is 13.8 Å². The van der Waals surface area contributed by atoms with Gasteiger partial charge in [-0.3, -0.25) is 11.3 Å². The lowest BCUT2D eigenvalue weighted by Gasteiger charge is -2.57. The van der Waals surface area contributed by atoms with E-state index in [-0.39, 0.29) is 0 Å². The van der Waals surface area contributed by atoms with Gasteiger partial charge in [0.1, 0.15) is 0 Å². The van der Waals surface area contributed by atoms with Gasteiger partial charge < -0.3 is 0 Å². The predicted octanol–water partition coefficient (Wildman–Crippen LogP) is 3.96. The summed E-state index contributed by atoms with van der Waals surface area (Å²) in [5.74, 6) is 13.8. The summed E-state index contributed by atoms with van der Waals surface area (Å²) in [5.41, 5.74) is 3.34. The highest BCUT2D eigenvalue weighted by Crippen LogP contribution is 2.58. The Morgan fingerprint density at radius 2 is 1.29 bits per heavy atom. The molecule has 0 amide bonds. The van der Waals surface area contributed by atoms with Crippen LogP contribution in [0.1, 0.15) is 65.2 Å². The van der Waals surface area contributed by atoms with Gasteiger partial charge in [-0.05, 0) is 98.7 Å². The van der Waals surface area contributed by atoms with E-state index in [0.29, 0.717) is 6.04 Å². The van der Waals surface area contributed by atoms with Crippen molar-refractivity contribution in [3.05, 3.63) is 0 Å². The number of hydrogen-bond donors (Lipinski definition) is 2. The topological polar surface area (TPSA) is 38.0 Å². The molecular weight excluding hydrogens is 256 g/mol. The van der Waals surface area contributed by atoms with Crippen molar-refractivity contribution < 1.29 is 0 Å². The Kier molecular flexibility index (Phi) is 3.82. The number of nitrogens with one attached hydrogen (secondary N) is 1. The zero-order chi connectivity index (χ0) is 14.6. The second-order valence-corrected chi connectivity index (χ2v) is 9.38. The lowest BCUT2D eigenvalue weighted by atomic mass is 9.49. The molecule has 5 saturated carbocycles. The van der Waals surface area contributed by atoms with E-state index in [2.05, 4.69) is 19.3 Å². The molecule has 5 aliphatic carbocycles. The molecule has 2 nitrogen and oxygen atoms in total. The zero-order valence-corrected chi connectivity index (χ0v) is 13.9. The normalized spacial score (nSPS) is 53.9. The largest absolute Gasteiger partial charge is 0.271 e. The molecular formula is C19H34N2. The molecule has 21 heavy (non-hydrogen) atoms. The summed E-state index contributed by atoms with van der Waals surface area (Å²) in [6, 6.07) is 0.602. The first-order chi connectivity index (χ1) is 10.1. The van der Waals surface area contributed by atoms with Gasteiger partial charge in [0.15, 0.2) is 0 Å². The number of hydrogen-bond acceptors (Lipinski definition) is 2. The molecule has 0 heterocycles. The second-order valence-electron chi connectivity index (χ2n) is 9.38. The zero-order valence-electron chi connectivity index (χ0n) is 13.9. The minimum atomic E-state index is 0.602. The van der Waals surface area contributed by atoms with Crippen LogP contribution in [0.5, 0.6) is 0 Å². The molecule has 3 N–H and O–H groups in total. The molecule has 0 aromatic carbocycles. The third-order valence-electron chi connectivity index (χ3n) is 7.63. The average Bonchev–Trinajstić information content (AvgIpc) is 2.40. The number of rotatable bonds is 3. The standard InChI is InChI=1S/C19H34N2/c1-11-3-12(2)5-17(4-11)19(21-20)18-15-7-13-6-14(9-15)10-16(18)8-13/h11-19,21H,3-10,20H2,1-2H3. The maximum Gasteiger partial charge on any atom is 0.0272 e. The van der Waals surface area contributed by atoms with E-state index in [9.17, 15) is 0 Å². The second kappa shape index (κ2) is 5.53.